The molecule has 0 saturated carbocycles. The highest BCUT2D eigenvalue weighted by molar-refractivity contribution is 6.32. The summed E-state index contributed by atoms with van der Waals surface area (Å²) >= 11 is 0. The lowest BCUT2D eigenvalue weighted by atomic mass is 9.91. The minimum absolute atomic E-state index is 1.12. The Balaban J connectivity index is 0.788. The lowest BCUT2D eigenvalue weighted by molar-refractivity contribution is 1.16. The van der Waals surface area contributed by atoms with Crippen molar-refractivity contribution in [2.45, 2.75) is 0 Å². The van der Waals surface area contributed by atoms with E-state index in [1.54, 1.807) is 0 Å². The molecular weight excluding hydrogens is 1150 g/mol. The molecular formula is C90H53N5. The second-order valence-corrected chi connectivity index (χ2v) is 25.9. The van der Waals surface area contributed by atoms with Crippen LogP contribution in [-0.2, 0) is 0 Å². The van der Waals surface area contributed by atoms with Gasteiger partial charge in [-0.15, -0.1) is 0 Å². The van der Waals surface area contributed by atoms with Gasteiger partial charge in [-0.3, -0.25) is 0 Å². The Morgan fingerprint density at radius 1 is 0.105 bits per heavy atom. The van der Waals surface area contributed by atoms with E-state index < -0.39 is 0 Å². The first kappa shape index (κ1) is 51.0. The van der Waals surface area contributed by atoms with Crippen molar-refractivity contribution in [1.29, 1.82) is 0 Å². The highest BCUT2D eigenvalue weighted by Crippen LogP contribution is 2.47. The Bertz CT molecular complexity index is 7090. The Labute approximate surface area is 543 Å². The van der Waals surface area contributed by atoms with E-state index >= 15 is 0 Å². The molecule has 0 aliphatic carbocycles. The number of benzene rings is 17. The number of nitrogens with zero attached hydrogens (tertiary/aromatic N) is 5. The smallest absolute Gasteiger partial charge is 0.0547 e. The third-order valence-electron chi connectivity index (χ3n) is 21.2. The molecule has 0 aliphatic heterocycles. The largest absolute Gasteiger partial charge is 0.309 e. The van der Waals surface area contributed by atoms with Gasteiger partial charge in [-0.05, 0) is 198 Å². The number of hydrogen-bond donors (Lipinski definition) is 0. The molecule has 22 aromatic rings. The molecule has 5 nitrogen and oxygen atoms in total. The van der Waals surface area contributed by atoms with E-state index in [0.717, 1.165) is 34.0 Å². The fourth-order valence-electron chi connectivity index (χ4n) is 17.2. The van der Waals surface area contributed by atoms with Gasteiger partial charge in [0.15, 0.2) is 0 Å². The summed E-state index contributed by atoms with van der Waals surface area (Å²) in [5.74, 6) is 0. The molecule has 0 bridgehead atoms. The second kappa shape index (κ2) is 19.0. The molecule has 5 heteroatoms. The van der Waals surface area contributed by atoms with Gasteiger partial charge >= 0.3 is 0 Å². The average Bonchev–Trinajstić information content (AvgIpc) is 1.62. The fourth-order valence-corrected chi connectivity index (χ4v) is 17.2. The topological polar surface area (TPSA) is 24.6 Å². The number of rotatable bonds is 5. The number of hydrogen-bond acceptors (Lipinski definition) is 0. The van der Waals surface area contributed by atoms with Crippen LogP contribution in [0.15, 0.2) is 322 Å². The molecule has 95 heavy (non-hydrogen) atoms. The molecule has 0 aliphatic rings. The van der Waals surface area contributed by atoms with Crippen molar-refractivity contribution >= 4 is 174 Å². The minimum atomic E-state index is 1.12. The van der Waals surface area contributed by atoms with Crippen molar-refractivity contribution in [2.24, 2.45) is 0 Å². The number of aromatic nitrogens is 5. The third-order valence-corrected chi connectivity index (χ3v) is 21.2. The molecule has 0 saturated heterocycles. The third kappa shape index (κ3) is 6.95. The van der Waals surface area contributed by atoms with Gasteiger partial charge in [0, 0.05) is 82.3 Å². The first-order valence-corrected chi connectivity index (χ1v) is 32.9. The summed E-state index contributed by atoms with van der Waals surface area (Å²) in [6.45, 7) is 0. The van der Waals surface area contributed by atoms with Crippen LogP contribution < -0.4 is 0 Å². The highest BCUT2D eigenvalue weighted by atomic mass is 15.0. The van der Waals surface area contributed by atoms with E-state index in [9.17, 15) is 0 Å². The molecule has 17 aromatic carbocycles. The summed E-state index contributed by atoms with van der Waals surface area (Å²) in [7, 11) is 0. The van der Waals surface area contributed by atoms with Crippen LogP contribution in [0.3, 0.4) is 0 Å². The molecule has 438 valence electrons. The van der Waals surface area contributed by atoms with Gasteiger partial charge in [0.1, 0.15) is 0 Å². The van der Waals surface area contributed by atoms with E-state index in [1.807, 2.05) is 0 Å². The van der Waals surface area contributed by atoms with Gasteiger partial charge in [-0.2, -0.15) is 0 Å². The van der Waals surface area contributed by atoms with Crippen molar-refractivity contribution in [1.82, 2.24) is 22.8 Å². The van der Waals surface area contributed by atoms with Crippen LogP contribution in [0.5, 0.6) is 0 Å². The van der Waals surface area contributed by atoms with Gasteiger partial charge in [0.25, 0.3) is 0 Å². The molecule has 0 spiro atoms. The van der Waals surface area contributed by atoms with Gasteiger partial charge in [0.05, 0.1) is 55.2 Å². The lowest BCUT2D eigenvalue weighted by Gasteiger charge is -2.15. The van der Waals surface area contributed by atoms with Gasteiger partial charge in [-0.25, -0.2) is 0 Å². The SMILES string of the molecule is c1ccc(-n2c3ccccc3c3cc(-n4c5ccccc5c5cc(-n6c7cc8c9ccccc9c9ccccc9c8cc7c7cc8c9ccccc9c9cc(-n%10c%11ccccc%11c%11cc(-n%12c%13ccccc%13c%13ccccc%13%12)ccc%11%10)ccc9c8cc76)ccc54)ccc32)cc1. The lowest BCUT2D eigenvalue weighted by Crippen LogP contribution is -1.97. The molecule has 5 aromatic heterocycles. The zero-order valence-corrected chi connectivity index (χ0v) is 51.3. The van der Waals surface area contributed by atoms with Crippen molar-refractivity contribution in [2.75, 3.05) is 0 Å². The average molecular weight is 1200 g/mol. The van der Waals surface area contributed by atoms with E-state index in [-0.39, 0.29) is 0 Å². The first-order valence-electron chi connectivity index (χ1n) is 32.9. The standard InChI is InChI=1S/C90H53N5/c1-2-20-54(21-3-1)91-83-35-17-12-30-68(83)76-48-57(39-43-86(76)91)94-85-37-19-14-32-70(85)78-49-58(41-45-88(78)94)95-89-52-74-62-25-7-5-23-60(62)59-22-4-6-24-61(59)72(74)50-79(89)80-51-73-64-27-9-8-26-63(64)71-46-55(38-42-65(71)75(73)53-90(80)95)93-84-36-18-13-31-69(84)77-47-56(40-44-87(77)93)92-81-33-15-10-28-66(81)67-29-11-16-34-82(67)92/h1-53H. The van der Waals surface area contributed by atoms with E-state index in [2.05, 4.69) is 344 Å². The predicted molar refractivity (Wildman–Crippen MR) is 403 cm³/mol. The fraction of sp³-hybridized carbons (Fsp3) is 0. The summed E-state index contributed by atoms with van der Waals surface area (Å²) in [6, 6.07) is 121. The summed E-state index contributed by atoms with van der Waals surface area (Å²) in [5, 5.41) is 27.3. The van der Waals surface area contributed by atoms with E-state index in [4.69, 9.17) is 0 Å². The molecule has 0 N–H and O–H groups in total. The minimum Gasteiger partial charge on any atom is -0.309 e. The van der Waals surface area contributed by atoms with Crippen molar-refractivity contribution in [3.8, 4) is 28.4 Å². The second-order valence-electron chi connectivity index (χ2n) is 25.9. The Morgan fingerprint density at radius 2 is 0.316 bits per heavy atom. The monoisotopic (exact) mass is 1200 g/mol. The summed E-state index contributed by atoms with van der Waals surface area (Å²) in [4.78, 5) is 0. The van der Waals surface area contributed by atoms with Crippen LogP contribution in [0.1, 0.15) is 0 Å². The maximum atomic E-state index is 2.57. The Hall–Kier alpha value is -12.7. The number of para-hydroxylation sites is 6. The van der Waals surface area contributed by atoms with E-state index in [1.165, 1.54) is 168 Å². The van der Waals surface area contributed by atoms with Crippen LogP contribution >= 0.6 is 0 Å². The maximum absolute atomic E-state index is 2.57. The summed E-state index contributed by atoms with van der Waals surface area (Å²) < 4.78 is 12.4. The molecule has 22 rings (SSSR count). The molecule has 5 heterocycles. The van der Waals surface area contributed by atoms with Crippen molar-refractivity contribution in [3.63, 3.8) is 0 Å². The van der Waals surface area contributed by atoms with Crippen LogP contribution in [0.4, 0.5) is 0 Å². The zero-order chi connectivity index (χ0) is 61.7. The Kier molecular flexibility index (Phi) is 10.2. The van der Waals surface area contributed by atoms with Crippen LogP contribution in [0.2, 0.25) is 0 Å². The first-order chi connectivity index (χ1) is 47.1. The quantitative estimate of drug-likeness (QED) is 0.153. The highest BCUT2D eigenvalue weighted by Gasteiger charge is 2.24. The summed E-state index contributed by atoms with van der Waals surface area (Å²) in [5.41, 5.74) is 17.5. The van der Waals surface area contributed by atoms with Crippen molar-refractivity contribution < 1.29 is 0 Å². The van der Waals surface area contributed by atoms with Crippen molar-refractivity contribution in [3.05, 3.63) is 322 Å². The molecule has 0 fully saturated rings. The number of fused-ring (bicyclic) bond motifs is 27. The zero-order valence-electron chi connectivity index (χ0n) is 51.3. The van der Waals surface area contributed by atoms with Crippen LogP contribution in [-0.4, -0.2) is 22.8 Å². The molecule has 0 amide bonds. The Morgan fingerprint density at radius 3 is 0.674 bits per heavy atom. The van der Waals surface area contributed by atoms with Crippen LogP contribution in [0.25, 0.3) is 202 Å². The predicted octanol–water partition coefficient (Wildman–Crippen LogP) is 24.1. The molecule has 0 unspecified atom stereocenters. The molecule has 0 atom stereocenters. The van der Waals surface area contributed by atoms with Crippen LogP contribution in [0, 0.1) is 0 Å². The van der Waals surface area contributed by atoms with Gasteiger partial charge in [0.2, 0.25) is 0 Å². The summed E-state index contributed by atoms with van der Waals surface area (Å²) in [6.07, 6.45) is 0. The normalized spacial score (nSPS) is 12.4. The van der Waals surface area contributed by atoms with Gasteiger partial charge < -0.3 is 22.8 Å². The maximum Gasteiger partial charge on any atom is 0.0547 e. The van der Waals surface area contributed by atoms with E-state index in [0.29, 0.717) is 0 Å². The molecule has 0 radical (unpaired) electrons. The van der Waals surface area contributed by atoms with Gasteiger partial charge in [-0.1, -0.05) is 188 Å².